The van der Waals surface area contributed by atoms with Crippen molar-refractivity contribution in [2.45, 2.75) is 37.3 Å². The summed E-state index contributed by atoms with van der Waals surface area (Å²) in [7, 11) is 0. The van der Waals surface area contributed by atoms with Crippen LogP contribution in [0.1, 0.15) is 17.2 Å². The Bertz CT molecular complexity index is 894. The van der Waals surface area contributed by atoms with E-state index < -0.39 is 36.3 Å². The summed E-state index contributed by atoms with van der Waals surface area (Å²) >= 11 is 11.9. The Balaban J connectivity index is 1.65. The summed E-state index contributed by atoms with van der Waals surface area (Å²) in [5.41, 5.74) is 2.14. The minimum Gasteiger partial charge on any atom is -0.388 e. The number of aliphatic hydroxyl groups excluding tert-OH is 2. The molecule has 142 valence electrons. The zero-order valence-corrected chi connectivity index (χ0v) is 15.9. The maximum Gasteiger partial charge on any atom is 0.230 e. The number of halogens is 2. The Morgan fingerprint density at radius 2 is 1.85 bits per heavy atom. The lowest BCUT2D eigenvalue weighted by molar-refractivity contribution is -0.124. The number of carbonyl (C=O) groups excluding carboxylic acids is 1. The van der Waals surface area contributed by atoms with Gasteiger partial charge in [-0.1, -0.05) is 23.2 Å². The molecule has 0 saturated carbocycles. The highest BCUT2D eigenvalue weighted by Crippen LogP contribution is 2.49. The number of aromatic nitrogens is 1. The number of hydrogen-bond acceptors (Lipinski definition) is 5. The van der Waals surface area contributed by atoms with Crippen molar-refractivity contribution in [1.82, 2.24) is 4.98 Å². The summed E-state index contributed by atoms with van der Waals surface area (Å²) in [5, 5.41) is 24.1. The van der Waals surface area contributed by atoms with Gasteiger partial charge in [-0.3, -0.25) is 9.78 Å². The Morgan fingerprint density at radius 1 is 1.11 bits per heavy atom. The highest BCUT2D eigenvalue weighted by atomic mass is 35.5. The van der Waals surface area contributed by atoms with Crippen LogP contribution < -0.4 is 5.32 Å². The van der Waals surface area contributed by atoms with E-state index in [0.29, 0.717) is 15.7 Å². The van der Waals surface area contributed by atoms with Crippen LogP contribution >= 0.6 is 23.2 Å². The molecule has 6 unspecified atom stereocenters. The van der Waals surface area contributed by atoms with E-state index in [1.54, 1.807) is 30.5 Å². The molecule has 2 aliphatic rings. The summed E-state index contributed by atoms with van der Waals surface area (Å²) in [5.74, 6) is -1.37. The average molecular weight is 409 g/mol. The fourth-order valence-electron chi connectivity index (χ4n) is 4.02. The summed E-state index contributed by atoms with van der Waals surface area (Å²) in [6.07, 6.45) is -1.93. The number of rotatable bonds is 3. The van der Waals surface area contributed by atoms with Gasteiger partial charge in [0.05, 0.1) is 28.2 Å². The van der Waals surface area contributed by atoms with Crippen molar-refractivity contribution < 1.29 is 19.7 Å². The number of aryl methyl sites for hydroxylation is 1. The van der Waals surface area contributed by atoms with Gasteiger partial charge in [-0.25, -0.2) is 0 Å². The Morgan fingerprint density at radius 3 is 2.56 bits per heavy atom. The molecule has 3 N–H and O–H groups in total. The Labute approximate surface area is 166 Å². The van der Waals surface area contributed by atoms with Crippen molar-refractivity contribution in [2.24, 2.45) is 5.92 Å². The largest absolute Gasteiger partial charge is 0.388 e. The van der Waals surface area contributed by atoms with Crippen molar-refractivity contribution in [3.8, 4) is 0 Å². The smallest absolute Gasteiger partial charge is 0.230 e. The first-order valence-electron chi connectivity index (χ1n) is 8.57. The number of aliphatic hydroxyl groups is 2. The zero-order valence-electron chi connectivity index (χ0n) is 14.3. The highest BCUT2D eigenvalue weighted by molar-refractivity contribution is 6.42. The van der Waals surface area contributed by atoms with Crippen LogP contribution in [-0.4, -0.2) is 45.5 Å². The topological polar surface area (TPSA) is 91.7 Å². The van der Waals surface area contributed by atoms with Crippen LogP contribution in [0.2, 0.25) is 10.0 Å². The summed E-state index contributed by atoms with van der Waals surface area (Å²) in [6, 6.07) is 8.48. The van der Waals surface area contributed by atoms with E-state index in [9.17, 15) is 15.0 Å². The molecule has 1 aromatic heterocycles. The second-order valence-electron chi connectivity index (χ2n) is 6.95. The molecule has 3 heterocycles. The number of pyridine rings is 1. The monoisotopic (exact) mass is 408 g/mol. The number of nitrogens with one attached hydrogen (secondary N) is 1. The van der Waals surface area contributed by atoms with E-state index in [2.05, 4.69) is 10.3 Å². The molecule has 2 aromatic rings. The van der Waals surface area contributed by atoms with Crippen molar-refractivity contribution in [2.75, 3.05) is 5.32 Å². The molecule has 2 aliphatic heterocycles. The molecule has 0 aliphatic carbocycles. The van der Waals surface area contributed by atoms with Crippen LogP contribution in [0, 0.1) is 12.8 Å². The van der Waals surface area contributed by atoms with Crippen LogP contribution in [0.5, 0.6) is 0 Å². The number of carbonyl (C=O) groups is 1. The quantitative estimate of drug-likeness (QED) is 0.725. The molecule has 2 saturated heterocycles. The van der Waals surface area contributed by atoms with E-state index in [1.165, 1.54) is 0 Å². The molecule has 8 heteroatoms. The first kappa shape index (κ1) is 18.7. The Hall–Kier alpha value is -1.70. The normalized spacial score (nSPS) is 31.9. The third-order valence-corrected chi connectivity index (χ3v) is 5.97. The molecule has 27 heavy (non-hydrogen) atoms. The van der Waals surface area contributed by atoms with Gasteiger partial charge in [-0.05, 0) is 42.8 Å². The number of hydrogen-bond donors (Lipinski definition) is 3. The molecule has 2 fully saturated rings. The van der Waals surface area contributed by atoms with Gasteiger partial charge in [-0.2, -0.15) is 0 Å². The molecular weight excluding hydrogens is 391 g/mol. The molecular formula is C19H18Cl2N2O4. The minimum absolute atomic E-state index is 0.314. The van der Waals surface area contributed by atoms with E-state index >= 15 is 0 Å². The van der Waals surface area contributed by atoms with Gasteiger partial charge in [0.25, 0.3) is 0 Å². The van der Waals surface area contributed by atoms with Gasteiger partial charge in [0.2, 0.25) is 5.91 Å². The predicted octanol–water partition coefficient (Wildman–Crippen LogP) is 2.54. The molecule has 1 aromatic carbocycles. The van der Waals surface area contributed by atoms with Gasteiger partial charge in [0, 0.05) is 23.5 Å². The van der Waals surface area contributed by atoms with Gasteiger partial charge in [0.15, 0.2) is 0 Å². The van der Waals surface area contributed by atoms with Crippen molar-refractivity contribution >= 4 is 34.8 Å². The minimum atomic E-state index is -1.11. The number of nitrogens with zero attached hydrogens (tertiary/aromatic N) is 1. The van der Waals surface area contributed by atoms with Crippen molar-refractivity contribution in [3.05, 3.63) is 57.8 Å². The highest BCUT2D eigenvalue weighted by Gasteiger charge is 2.61. The molecule has 6 atom stereocenters. The van der Waals surface area contributed by atoms with Gasteiger partial charge < -0.3 is 20.3 Å². The fourth-order valence-corrected chi connectivity index (χ4v) is 4.32. The zero-order chi connectivity index (χ0) is 19.3. The third-order valence-electron chi connectivity index (χ3n) is 5.23. The van der Waals surface area contributed by atoms with Crippen LogP contribution in [0.15, 0.2) is 36.5 Å². The van der Waals surface area contributed by atoms with Gasteiger partial charge in [0.1, 0.15) is 12.2 Å². The van der Waals surface area contributed by atoms with E-state index in [-0.39, 0.29) is 5.91 Å². The van der Waals surface area contributed by atoms with Crippen LogP contribution in [0.3, 0.4) is 0 Å². The van der Waals surface area contributed by atoms with Crippen molar-refractivity contribution in [1.29, 1.82) is 0 Å². The molecule has 2 bridgehead atoms. The van der Waals surface area contributed by atoms with Gasteiger partial charge in [-0.15, -0.1) is 0 Å². The number of benzene rings is 1. The van der Waals surface area contributed by atoms with Gasteiger partial charge >= 0.3 is 0 Å². The van der Waals surface area contributed by atoms with E-state index in [0.717, 1.165) is 11.3 Å². The summed E-state index contributed by atoms with van der Waals surface area (Å²) in [4.78, 5) is 17.2. The third kappa shape index (κ3) is 3.22. The first-order valence-corrected chi connectivity index (χ1v) is 9.32. The molecule has 4 rings (SSSR count). The molecule has 0 radical (unpaired) electrons. The summed E-state index contributed by atoms with van der Waals surface area (Å²) < 4.78 is 5.79. The maximum atomic E-state index is 13.0. The first-order chi connectivity index (χ1) is 12.9. The lowest BCUT2D eigenvalue weighted by Gasteiger charge is -2.33. The second-order valence-corrected chi connectivity index (χ2v) is 7.76. The van der Waals surface area contributed by atoms with Crippen LogP contribution in [0.4, 0.5) is 5.69 Å². The standard InChI is InChI=1S/C19H18Cl2N2O4/c1-8-6-9(4-5-22-8)13-14(18-16(25)15(24)17(13)27-18)19(26)23-10-2-3-11(20)12(21)7-10/h2-7,13-18,24-25H,1H3,(H,23,26). The number of anilines is 1. The van der Waals surface area contributed by atoms with Crippen LogP contribution in [0.25, 0.3) is 0 Å². The van der Waals surface area contributed by atoms with Crippen LogP contribution in [-0.2, 0) is 9.53 Å². The molecule has 0 spiro atoms. The van der Waals surface area contributed by atoms with Crippen molar-refractivity contribution in [3.63, 3.8) is 0 Å². The molecule has 6 nitrogen and oxygen atoms in total. The maximum absolute atomic E-state index is 13.0. The lowest BCUT2D eigenvalue weighted by Crippen LogP contribution is -2.49. The van der Waals surface area contributed by atoms with E-state index in [1.807, 2.05) is 13.0 Å². The lowest BCUT2D eigenvalue weighted by atomic mass is 9.72. The predicted molar refractivity (Wildman–Crippen MR) is 101 cm³/mol. The van der Waals surface area contributed by atoms with E-state index in [4.69, 9.17) is 27.9 Å². The summed E-state index contributed by atoms with van der Waals surface area (Å²) in [6.45, 7) is 1.85. The fraction of sp³-hybridized carbons (Fsp3) is 0.368. The number of amides is 1. The average Bonchev–Trinajstić information content (AvgIpc) is 3.15. The Kier molecular flexibility index (Phi) is 4.86. The SMILES string of the molecule is Cc1cc(C2C3OC(C(O)C3O)C2C(=O)Nc2ccc(Cl)c(Cl)c2)ccn1. The number of fused-ring (bicyclic) bond motifs is 2. The molecule has 1 amide bonds. The number of ether oxygens (including phenoxy) is 1. The second kappa shape index (κ2) is 7.04.